The maximum atomic E-state index is 12.0. The molecule has 1 aliphatic rings. The van der Waals surface area contributed by atoms with Crippen LogP contribution in [0.2, 0.25) is 0 Å². The monoisotopic (exact) mass is 286 g/mol. The first-order valence-electron chi connectivity index (χ1n) is 7.14. The van der Waals surface area contributed by atoms with Gasteiger partial charge in [-0.2, -0.15) is 0 Å². The zero-order valence-corrected chi connectivity index (χ0v) is 12.6. The Morgan fingerprint density at radius 2 is 1.90 bits per heavy atom. The summed E-state index contributed by atoms with van der Waals surface area (Å²) < 4.78 is 5.35. The van der Waals surface area contributed by atoms with Gasteiger partial charge in [-0.3, -0.25) is 4.79 Å². The van der Waals surface area contributed by atoms with E-state index in [0.29, 0.717) is 25.9 Å². The molecule has 1 fully saturated rings. The van der Waals surface area contributed by atoms with Gasteiger partial charge in [0.1, 0.15) is 5.60 Å². The summed E-state index contributed by atoms with van der Waals surface area (Å²) in [5, 5.41) is 8.74. The Kier molecular flexibility index (Phi) is 5.80. The van der Waals surface area contributed by atoms with E-state index >= 15 is 0 Å². The van der Waals surface area contributed by atoms with Gasteiger partial charge < -0.3 is 20.5 Å². The van der Waals surface area contributed by atoms with Gasteiger partial charge in [0, 0.05) is 25.6 Å². The van der Waals surface area contributed by atoms with Crippen molar-refractivity contribution in [2.45, 2.75) is 58.1 Å². The number of carbonyl (C=O) groups excluding carboxylic acids is 1. The molecule has 0 bridgehead atoms. The van der Waals surface area contributed by atoms with E-state index in [1.165, 1.54) is 0 Å². The Bertz CT molecular complexity index is 352. The number of hydrogen-bond acceptors (Lipinski definition) is 4. The Morgan fingerprint density at radius 1 is 1.30 bits per heavy atom. The van der Waals surface area contributed by atoms with Crippen molar-refractivity contribution in [2.24, 2.45) is 11.7 Å². The van der Waals surface area contributed by atoms with Crippen LogP contribution in [0.5, 0.6) is 0 Å². The second kappa shape index (κ2) is 6.92. The average Bonchev–Trinajstić information content (AvgIpc) is 2.46. The summed E-state index contributed by atoms with van der Waals surface area (Å²) in [6, 6.07) is -0.0539. The fourth-order valence-electron chi connectivity index (χ4n) is 2.36. The van der Waals surface area contributed by atoms with Crippen LogP contribution < -0.4 is 5.73 Å². The van der Waals surface area contributed by atoms with Gasteiger partial charge >= 0.3 is 12.1 Å². The van der Waals surface area contributed by atoms with Gasteiger partial charge in [0.2, 0.25) is 0 Å². The van der Waals surface area contributed by atoms with Crippen molar-refractivity contribution in [3.8, 4) is 0 Å². The molecule has 6 nitrogen and oxygen atoms in total. The average molecular weight is 286 g/mol. The van der Waals surface area contributed by atoms with Gasteiger partial charge in [-0.15, -0.1) is 0 Å². The lowest BCUT2D eigenvalue weighted by molar-refractivity contribution is -0.137. The molecule has 1 aliphatic heterocycles. The number of aliphatic carboxylic acids is 1. The minimum absolute atomic E-state index is 0.0539. The molecule has 0 aromatic carbocycles. The Morgan fingerprint density at radius 3 is 2.45 bits per heavy atom. The van der Waals surface area contributed by atoms with Crippen molar-refractivity contribution < 1.29 is 19.4 Å². The van der Waals surface area contributed by atoms with Gasteiger partial charge in [0.15, 0.2) is 0 Å². The first-order valence-corrected chi connectivity index (χ1v) is 7.14. The van der Waals surface area contributed by atoms with Crippen LogP contribution in [0.15, 0.2) is 0 Å². The molecule has 0 unspecified atom stereocenters. The number of amides is 1. The van der Waals surface area contributed by atoms with Gasteiger partial charge in [-0.25, -0.2) is 4.79 Å². The lowest BCUT2D eigenvalue weighted by Gasteiger charge is -2.26. The Hall–Kier alpha value is -1.30. The van der Waals surface area contributed by atoms with Gasteiger partial charge in [-0.05, 0) is 46.0 Å². The van der Waals surface area contributed by atoms with Gasteiger partial charge in [0.25, 0.3) is 0 Å². The molecule has 0 aromatic rings. The van der Waals surface area contributed by atoms with E-state index in [4.69, 9.17) is 15.6 Å². The second-order valence-corrected chi connectivity index (χ2v) is 6.40. The molecule has 1 rings (SSSR count). The van der Waals surface area contributed by atoms with E-state index in [1.807, 2.05) is 20.8 Å². The fourth-order valence-corrected chi connectivity index (χ4v) is 2.36. The summed E-state index contributed by atoms with van der Waals surface area (Å²) in [5.41, 5.74) is 5.58. The second-order valence-electron chi connectivity index (χ2n) is 6.40. The molecule has 20 heavy (non-hydrogen) atoms. The number of carboxylic acids is 1. The van der Waals surface area contributed by atoms with Crippen LogP contribution >= 0.6 is 0 Å². The fraction of sp³-hybridized carbons (Fsp3) is 0.857. The van der Waals surface area contributed by atoms with E-state index in [2.05, 4.69) is 0 Å². The number of hydrogen-bond donors (Lipinski definition) is 2. The van der Waals surface area contributed by atoms with E-state index in [9.17, 15) is 9.59 Å². The molecule has 0 saturated carbocycles. The van der Waals surface area contributed by atoms with Crippen molar-refractivity contribution in [1.29, 1.82) is 0 Å². The first kappa shape index (κ1) is 16.8. The standard InChI is InChI=1S/C14H26N2O4/c1-14(2,3)20-13(19)16-8-6-10(4-5-12(17)18)11(15)7-9-16/h10-11H,4-9,15H2,1-3H3,(H,17,18)/t10-,11+/m0/s1. The zero-order valence-electron chi connectivity index (χ0n) is 12.6. The summed E-state index contributed by atoms with van der Waals surface area (Å²) in [6.45, 7) is 6.66. The van der Waals surface area contributed by atoms with Crippen molar-refractivity contribution in [3.05, 3.63) is 0 Å². The smallest absolute Gasteiger partial charge is 0.410 e. The molecule has 1 saturated heterocycles. The third kappa shape index (κ3) is 5.77. The normalized spacial score (nSPS) is 24.1. The van der Waals surface area contributed by atoms with Gasteiger partial charge in [0.05, 0.1) is 0 Å². The highest BCUT2D eigenvalue weighted by atomic mass is 16.6. The van der Waals surface area contributed by atoms with Crippen molar-refractivity contribution in [1.82, 2.24) is 4.90 Å². The molecular weight excluding hydrogens is 260 g/mol. The predicted molar refractivity (Wildman–Crippen MR) is 75.4 cm³/mol. The van der Waals surface area contributed by atoms with Crippen LogP contribution in [-0.4, -0.2) is 46.8 Å². The lowest BCUT2D eigenvalue weighted by atomic mass is 9.91. The molecule has 2 atom stereocenters. The Labute approximate surface area is 120 Å². The SMILES string of the molecule is CC(C)(C)OC(=O)N1CC[C@H](CCC(=O)O)[C@H](N)CC1. The largest absolute Gasteiger partial charge is 0.481 e. The predicted octanol–water partition coefficient (Wildman–Crippen LogP) is 1.83. The minimum Gasteiger partial charge on any atom is -0.481 e. The molecule has 6 heteroatoms. The van der Waals surface area contributed by atoms with Crippen LogP contribution in [0.3, 0.4) is 0 Å². The summed E-state index contributed by atoms with van der Waals surface area (Å²) in [4.78, 5) is 24.3. The molecule has 1 amide bonds. The number of nitrogens with two attached hydrogens (primary N) is 1. The van der Waals surface area contributed by atoms with Crippen LogP contribution in [-0.2, 0) is 9.53 Å². The van der Waals surface area contributed by atoms with Crippen LogP contribution in [0.4, 0.5) is 4.79 Å². The molecule has 1 heterocycles. The number of ether oxygens (including phenoxy) is 1. The topological polar surface area (TPSA) is 92.9 Å². The van der Waals surface area contributed by atoms with Crippen molar-refractivity contribution in [2.75, 3.05) is 13.1 Å². The van der Waals surface area contributed by atoms with E-state index < -0.39 is 11.6 Å². The highest BCUT2D eigenvalue weighted by molar-refractivity contribution is 5.68. The van der Waals surface area contributed by atoms with Crippen LogP contribution in [0, 0.1) is 5.92 Å². The number of carbonyl (C=O) groups is 2. The summed E-state index contributed by atoms with van der Waals surface area (Å²) >= 11 is 0. The molecule has 116 valence electrons. The number of rotatable bonds is 3. The van der Waals surface area contributed by atoms with Crippen molar-refractivity contribution >= 4 is 12.1 Å². The molecular formula is C14H26N2O4. The van der Waals surface area contributed by atoms with E-state index in [1.54, 1.807) is 4.90 Å². The third-order valence-corrected chi connectivity index (χ3v) is 3.49. The molecule has 0 spiro atoms. The zero-order chi connectivity index (χ0) is 15.3. The van der Waals surface area contributed by atoms with Gasteiger partial charge in [-0.1, -0.05) is 0 Å². The van der Waals surface area contributed by atoms with Crippen LogP contribution in [0.25, 0.3) is 0 Å². The lowest BCUT2D eigenvalue weighted by Crippen LogP contribution is -2.37. The highest BCUT2D eigenvalue weighted by Gasteiger charge is 2.28. The maximum Gasteiger partial charge on any atom is 0.410 e. The van der Waals surface area contributed by atoms with Crippen molar-refractivity contribution in [3.63, 3.8) is 0 Å². The summed E-state index contributed by atoms with van der Waals surface area (Å²) in [5.74, 6) is -0.649. The van der Waals surface area contributed by atoms with E-state index in [0.717, 1.165) is 6.42 Å². The molecule has 3 N–H and O–H groups in total. The first-order chi connectivity index (χ1) is 9.19. The highest BCUT2D eigenvalue weighted by Crippen LogP contribution is 2.22. The summed E-state index contributed by atoms with van der Waals surface area (Å²) in [6.07, 6.45) is 1.80. The number of likely N-dealkylation sites (tertiary alicyclic amines) is 1. The molecule has 0 aliphatic carbocycles. The van der Waals surface area contributed by atoms with E-state index in [-0.39, 0.29) is 24.5 Å². The molecule has 0 aromatic heterocycles. The van der Waals surface area contributed by atoms with Crippen LogP contribution in [0.1, 0.15) is 46.5 Å². The number of nitrogens with zero attached hydrogens (tertiary/aromatic N) is 1. The maximum absolute atomic E-state index is 12.0. The quantitative estimate of drug-likeness (QED) is 0.825. The Balaban J connectivity index is 2.52. The third-order valence-electron chi connectivity index (χ3n) is 3.49. The molecule has 0 radical (unpaired) electrons. The minimum atomic E-state index is -0.801. The number of carboxylic acid groups (broad SMARTS) is 1. The summed E-state index contributed by atoms with van der Waals surface area (Å²) in [7, 11) is 0.